The first kappa shape index (κ1) is 15.0. The van der Waals surface area contributed by atoms with Gasteiger partial charge in [0.15, 0.2) is 0 Å². The molecule has 0 aliphatic carbocycles. The van der Waals surface area contributed by atoms with E-state index in [0.717, 1.165) is 5.56 Å². The van der Waals surface area contributed by atoms with Crippen LogP contribution >= 0.6 is 11.3 Å². The van der Waals surface area contributed by atoms with Gasteiger partial charge in [-0.05, 0) is 42.1 Å². The van der Waals surface area contributed by atoms with Crippen molar-refractivity contribution in [2.75, 3.05) is 36.5 Å². The summed E-state index contributed by atoms with van der Waals surface area (Å²) in [5, 5.41) is 4.61. The molecule has 0 atom stereocenters. The first-order chi connectivity index (χ1) is 10.6. The van der Waals surface area contributed by atoms with Crippen molar-refractivity contribution < 1.29 is 13.9 Å². The predicted octanol–water partition coefficient (Wildman–Crippen LogP) is 3.28. The van der Waals surface area contributed by atoms with E-state index in [4.69, 9.17) is 4.74 Å². The molecule has 1 fully saturated rings. The molecule has 2 heterocycles. The number of hydrogen-bond donors (Lipinski definition) is 1. The molecule has 2 aromatic rings. The Bertz CT molecular complexity index is 681. The third kappa shape index (κ3) is 3.13. The smallest absolute Gasteiger partial charge is 0.265 e. The Morgan fingerprint density at radius 3 is 2.73 bits per heavy atom. The summed E-state index contributed by atoms with van der Waals surface area (Å²) in [6.45, 7) is 4.45. The summed E-state index contributed by atoms with van der Waals surface area (Å²) in [5.41, 5.74) is 1.94. The van der Waals surface area contributed by atoms with Crippen molar-refractivity contribution in [3.8, 4) is 0 Å². The molecule has 1 aromatic carbocycles. The SMILES string of the molecule is Cc1ccsc1C(=O)Nc1ccc(N2CCOCC2)c(F)c1. The fourth-order valence-corrected chi connectivity index (χ4v) is 3.26. The number of carbonyl (C=O) groups excluding carboxylic acids is 1. The number of amides is 1. The second-order valence-corrected chi connectivity index (χ2v) is 6.07. The maximum absolute atomic E-state index is 14.3. The molecule has 6 heteroatoms. The van der Waals surface area contributed by atoms with Gasteiger partial charge in [0.2, 0.25) is 0 Å². The number of hydrogen-bond acceptors (Lipinski definition) is 4. The molecule has 3 rings (SSSR count). The van der Waals surface area contributed by atoms with Gasteiger partial charge in [0.1, 0.15) is 5.82 Å². The molecule has 1 aliphatic heterocycles. The van der Waals surface area contributed by atoms with Crippen molar-refractivity contribution in [3.63, 3.8) is 0 Å². The number of thiophene rings is 1. The van der Waals surface area contributed by atoms with Crippen LogP contribution in [0.1, 0.15) is 15.2 Å². The number of rotatable bonds is 3. The van der Waals surface area contributed by atoms with Gasteiger partial charge >= 0.3 is 0 Å². The van der Waals surface area contributed by atoms with Crippen molar-refractivity contribution in [1.29, 1.82) is 0 Å². The van der Waals surface area contributed by atoms with Crippen LogP contribution in [0.5, 0.6) is 0 Å². The number of anilines is 2. The molecule has 116 valence electrons. The Morgan fingerprint density at radius 2 is 2.09 bits per heavy atom. The second-order valence-electron chi connectivity index (χ2n) is 5.15. The molecule has 4 nitrogen and oxygen atoms in total. The summed E-state index contributed by atoms with van der Waals surface area (Å²) in [4.78, 5) is 14.7. The fourth-order valence-electron chi connectivity index (χ4n) is 2.44. The highest BCUT2D eigenvalue weighted by atomic mass is 32.1. The van der Waals surface area contributed by atoms with Crippen molar-refractivity contribution in [1.82, 2.24) is 0 Å². The minimum Gasteiger partial charge on any atom is -0.378 e. The normalized spacial score (nSPS) is 14.9. The zero-order chi connectivity index (χ0) is 15.5. The van der Waals surface area contributed by atoms with Crippen molar-refractivity contribution in [3.05, 3.63) is 45.9 Å². The first-order valence-electron chi connectivity index (χ1n) is 7.13. The van der Waals surface area contributed by atoms with E-state index in [1.807, 2.05) is 23.3 Å². The lowest BCUT2D eigenvalue weighted by atomic mass is 10.2. The molecular formula is C16H17FN2O2S. The second kappa shape index (κ2) is 6.46. The minimum absolute atomic E-state index is 0.203. The van der Waals surface area contributed by atoms with Crippen LogP contribution in [0.4, 0.5) is 15.8 Å². The molecule has 1 aliphatic rings. The topological polar surface area (TPSA) is 41.6 Å². The van der Waals surface area contributed by atoms with Gasteiger partial charge in [-0.3, -0.25) is 4.79 Å². The molecule has 1 saturated heterocycles. The third-order valence-electron chi connectivity index (χ3n) is 3.63. The molecule has 0 bridgehead atoms. The van der Waals surface area contributed by atoms with E-state index in [9.17, 15) is 9.18 Å². The number of nitrogens with zero attached hydrogens (tertiary/aromatic N) is 1. The van der Waals surface area contributed by atoms with E-state index in [1.54, 1.807) is 12.1 Å². The van der Waals surface area contributed by atoms with Crippen molar-refractivity contribution in [2.45, 2.75) is 6.92 Å². The summed E-state index contributed by atoms with van der Waals surface area (Å²) in [7, 11) is 0. The largest absolute Gasteiger partial charge is 0.378 e. The molecule has 1 amide bonds. The molecule has 0 radical (unpaired) electrons. The van der Waals surface area contributed by atoms with Crippen molar-refractivity contribution in [2.24, 2.45) is 0 Å². The quantitative estimate of drug-likeness (QED) is 0.943. The van der Waals surface area contributed by atoms with Gasteiger partial charge in [-0.1, -0.05) is 0 Å². The van der Waals surface area contributed by atoms with Gasteiger partial charge in [0, 0.05) is 18.8 Å². The number of ether oxygens (including phenoxy) is 1. The van der Waals surface area contributed by atoms with Gasteiger partial charge in [-0.25, -0.2) is 4.39 Å². The number of nitrogens with one attached hydrogen (secondary N) is 1. The number of halogens is 1. The summed E-state index contributed by atoms with van der Waals surface area (Å²) in [6.07, 6.45) is 0. The standard InChI is InChI=1S/C16H17FN2O2S/c1-11-4-9-22-15(11)16(20)18-12-2-3-14(13(17)10-12)19-5-7-21-8-6-19/h2-4,9-10H,5-8H2,1H3,(H,18,20). The van der Waals surface area contributed by atoms with Gasteiger partial charge < -0.3 is 15.0 Å². The van der Waals surface area contributed by atoms with Crippen LogP contribution < -0.4 is 10.2 Å². The molecular weight excluding hydrogens is 303 g/mol. The maximum atomic E-state index is 14.3. The number of benzene rings is 1. The van der Waals surface area contributed by atoms with Crippen molar-refractivity contribution >= 4 is 28.6 Å². The lowest BCUT2D eigenvalue weighted by molar-refractivity contribution is 0.103. The van der Waals surface area contributed by atoms with Gasteiger partial charge in [-0.2, -0.15) is 0 Å². The Balaban J connectivity index is 1.74. The molecule has 0 spiro atoms. The van der Waals surface area contributed by atoms with Gasteiger partial charge in [0.05, 0.1) is 23.8 Å². The highest BCUT2D eigenvalue weighted by molar-refractivity contribution is 7.12. The molecule has 0 unspecified atom stereocenters. The van der Waals surface area contributed by atoms with Crippen LogP contribution in [0, 0.1) is 12.7 Å². The van der Waals surface area contributed by atoms with E-state index in [0.29, 0.717) is 42.6 Å². The van der Waals surface area contributed by atoms with Crippen LogP contribution in [0.25, 0.3) is 0 Å². The predicted molar refractivity (Wildman–Crippen MR) is 86.4 cm³/mol. The lowest BCUT2D eigenvalue weighted by Gasteiger charge is -2.29. The van der Waals surface area contributed by atoms with Crippen LogP contribution in [-0.2, 0) is 4.74 Å². The van der Waals surface area contributed by atoms with Gasteiger partial charge in [0.25, 0.3) is 5.91 Å². The maximum Gasteiger partial charge on any atom is 0.265 e. The van der Waals surface area contributed by atoms with E-state index in [1.165, 1.54) is 17.4 Å². The van der Waals surface area contributed by atoms with E-state index >= 15 is 0 Å². The highest BCUT2D eigenvalue weighted by Crippen LogP contribution is 2.25. The number of morpholine rings is 1. The summed E-state index contributed by atoms with van der Waals surface area (Å²) in [5.74, 6) is -0.534. The Morgan fingerprint density at radius 1 is 1.32 bits per heavy atom. The zero-order valence-corrected chi connectivity index (χ0v) is 13.1. The molecule has 1 N–H and O–H groups in total. The first-order valence-corrected chi connectivity index (χ1v) is 8.01. The summed E-state index contributed by atoms with van der Waals surface area (Å²) >= 11 is 1.38. The Labute approximate surface area is 132 Å². The molecule has 1 aromatic heterocycles. The number of carbonyl (C=O) groups is 1. The molecule has 22 heavy (non-hydrogen) atoms. The van der Waals surface area contributed by atoms with Crippen LogP contribution in [0.15, 0.2) is 29.6 Å². The van der Waals surface area contributed by atoms with Crippen LogP contribution in [0.2, 0.25) is 0 Å². The van der Waals surface area contributed by atoms with Crippen LogP contribution in [-0.4, -0.2) is 32.2 Å². The number of aryl methyl sites for hydroxylation is 1. The fraction of sp³-hybridized carbons (Fsp3) is 0.312. The van der Waals surface area contributed by atoms with Crippen LogP contribution in [0.3, 0.4) is 0 Å². The van der Waals surface area contributed by atoms with E-state index < -0.39 is 0 Å². The third-order valence-corrected chi connectivity index (χ3v) is 4.64. The monoisotopic (exact) mass is 320 g/mol. The minimum atomic E-state index is -0.331. The zero-order valence-electron chi connectivity index (χ0n) is 12.3. The Hall–Kier alpha value is -1.92. The lowest BCUT2D eigenvalue weighted by Crippen LogP contribution is -2.36. The highest BCUT2D eigenvalue weighted by Gasteiger charge is 2.16. The average molecular weight is 320 g/mol. The summed E-state index contributed by atoms with van der Waals surface area (Å²) < 4.78 is 19.5. The van der Waals surface area contributed by atoms with Gasteiger partial charge in [-0.15, -0.1) is 11.3 Å². The Kier molecular flexibility index (Phi) is 4.40. The summed E-state index contributed by atoms with van der Waals surface area (Å²) in [6, 6.07) is 6.69. The molecule has 0 saturated carbocycles. The van der Waals surface area contributed by atoms with E-state index in [-0.39, 0.29) is 11.7 Å². The van der Waals surface area contributed by atoms with E-state index in [2.05, 4.69) is 5.32 Å². The average Bonchev–Trinajstić information content (AvgIpc) is 2.94.